The largest absolute Gasteiger partial charge is 0.399 e. The number of primary amides is 1. The van der Waals surface area contributed by atoms with E-state index in [0.29, 0.717) is 11.4 Å². The van der Waals surface area contributed by atoms with Crippen LogP contribution < -0.4 is 21.5 Å². The van der Waals surface area contributed by atoms with Crippen LogP contribution in [0.15, 0.2) is 18.2 Å². The van der Waals surface area contributed by atoms with Gasteiger partial charge < -0.3 is 16.8 Å². The molecular formula is C10H16N4O3S. The highest BCUT2D eigenvalue weighted by Gasteiger charge is 2.10. The van der Waals surface area contributed by atoms with Gasteiger partial charge in [0.1, 0.15) is 0 Å². The summed E-state index contributed by atoms with van der Waals surface area (Å²) in [6.07, 6.45) is 0. The van der Waals surface area contributed by atoms with E-state index in [2.05, 4.69) is 10.0 Å². The first-order chi connectivity index (χ1) is 8.35. The molecule has 0 aliphatic carbocycles. The lowest BCUT2D eigenvalue weighted by molar-refractivity contribution is 0.100. The van der Waals surface area contributed by atoms with Gasteiger partial charge in [-0.2, -0.15) is 0 Å². The van der Waals surface area contributed by atoms with Crippen LogP contribution >= 0.6 is 0 Å². The SMILES string of the molecule is CNS(=O)(=O)CCNc1cc(N)ccc1C(N)=O. The summed E-state index contributed by atoms with van der Waals surface area (Å²) in [5, 5.41) is 2.83. The van der Waals surface area contributed by atoms with Gasteiger partial charge in [-0.25, -0.2) is 13.1 Å². The van der Waals surface area contributed by atoms with Crippen LogP contribution in [0.5, 0.6) is 0 Å². The van der Waals surface area contributed by atoms with Crippen molar-refractivity contribution in [1.29, 1.82) is 0 Å². The molecule has 0 saturated heterocycles. The number of amides is 1. The Hall–Kier alpha value is -1.80. The molecule has 0 heterocycles. The van der Waals surface area contributed by atoms with Crippen LogP contribution in [-0.4, -0.2) is 33.7 Å². The maximum Gasteiger partial charge on any atom is 0.250 e. The van der Waals surface area contributed by atoms with Gasteiger partial charge in [0, 0.05) is 17.9 Å². The molecule has 1 amide bonds. The molecule has 0 spiro atoms. The number of anilines is 2. The fraction of sp³-hybridized carbons (Fsp3) is 0.300. The molecular weight excluding hydrogens is 256 g/mol. The Kier molecular flexibility index (Phi) is 4.51. The van der Waals surface area contributed by atoms with E-state index in [0.717, 1.165) is 0 Å². The van der Waals surface area contributed by atoms with Crippen molar-refractivity contribution < 1.29 is 13.2 Å². The molecule has 0 aromatic heterocycles. The van der Waals surface area contributed by atoms with Gasteiger partial charge in [-0.1, -0.05) is 0 Å². The second kappa shape index (κ2) is 5.69. The van der Waals surface area contributed by atoms with Crippen molar-refractivity contribution in [1.82, 2.24) is 4.72 Å². The van der Waals surface area contributed by atoms with Crippen LogP contribution in [0.1, 0.15) is 10.4 Å². The first-order valence-corrected chi connectivity index (χ1v) is 6.85. The molecule has 0 unspecified atom stereocenters. The zero-order chi connectivity index (χ0) is 13.8. The quantitative estimate of drug-likeness (QED) is 0.511. The number of nitrogens with one attached hydrogen (secondary N) is 2. The summed E-state index contributed by atoms with van der Waals surface area (Å²) in [4.78, 5) is 11.2. The Morgan fingerprint density at radius 1 is 1.39 bits per heavy atom. The van der Waals surface area contributed by atoms with E-state index in [9.17, 15) is 13.2 Å². The fourth-order valence-corrected chi connectivity index (χ4v) is 1.92. The molecule has 18 heavy (non-hydrogen) atoms. The molecule has 0 radical (unpaired) electrons. The third kappa shape index (κ3) is 3.90. The lowest BCUT2D eigenvalue weighted by Crippen LogP contribution is -2.26. The molecule has 100 valence electrons. The van der Waals surface area contributed by atoms with Gasteiger partial charge in [0.2, 0.25) is 10.0 Å². The van der Waals surface area contributed by atoms with Crippen molar-refractivity contribution in [3.05, 3.63) is 23.8 Å². The Bertz CT molecular complexity index is 542. The first kappa shape index (κ1) is 14.3. The summed E-state index contributed by atoms with van der Waals surface area (Å²) in [5.41, 5.74) is 11.9. The van der Waals surface area contributed by atoms with Gasteiger partial charge in [-0.15, -0.1) is 0 Å². The maximum atomic E-state index is 11.2. The highest BCUT2D eigenvalue weighted by molar-refractivity contribution is 7.89. The third-order valence-electron chi connectivity index (χ3n) is 2.31. The number of nitrogen functional groups attached to an aromatic ring is 1. The number of nitrogens with two attached hydrogens (primary N) is 2. The van der Waals surface area contributed by atoms with E-state index < -0.39 is 15.9 Å². The summed E-state index contributed by atoms with van der Waals surface area (Å²) in [6.45, 7) is 0.146. The minimum Gasteiger partial charge on any atom is -0.399 e. The number of rotatable bonds is 6. The Labute approximate surface area is 106 Å². The van der Waals surface area contributed by atoms with Gasteiger partial charge in [-0.05, 0) is 25.2 Å². The van der Waals surface area contributed by atoms with E-state index >= 15 is 0 Å². The molecule has 0 saturated carbocycles. The van der Waals surface area contributed by atoms with Gasteiger partial charge >= 0.3 is 0 Å². The van der Waals surface area contributed by atoms with Crippen LogP contribution in [0.2, 0.25) is 0 Å². The van der Waals surface area contributed by atoms with Crippen molar-refractivity contribution in [3.63, 3.8) is 0 Å². The van der Waals surface area contributed by atoms with Crippen LogP contribution in [0.3, 0.4) is 0 Å². The average Bonchev–Trinajstić information content (AvgIpc) is 2.28. The number of hydrogen-bond acceptors (Lipinski definition) is 5. The molecule has 7 nitrogen and oxygen atoms in total. The number of carbonyl (C=O) groups is 1. The van der Waals surface area contributed by atoms with E-state index in [4.69, 9.17) is 11.5 Å². The minimum absolute atomic E-state index is 0.115. The number of hydrogen-bond donors (Lipinski definition) is 4. The second-order valence-corrected chi connectivity index (χ2v) is 5.67. The number of sulfonamides is 1. The number of benzene rings is 1. The van der Waals surface area contributed by atoms with Gasteiger partial charge in [-0.3, -0.25) is 4.79 Å². The fourth-order valence-electron chi connectivity index (χ4n) is 1.35. The van der Waals surface area contributed by atoms with Crippen molar-refractivity contribution in [2.45, 2.75) is 0 Å². The van der Waals surface area contributed by atoms with Crippen molar-refractivity contribution >= 4 is 27.3 Å². The second-order valence-electron chi connectivity index (χ2n) is 3.62. The lowest BCUT2D eigenvalue weighted by Gasteiger charge is -2.10. The first-order valence-electron chi connectivity index (χ1n) is 5.20. The Morgan fingerprint density at radius 3 is 2.61 bits per heavy atom. The summed E-state index contributed by atoms with van der Waals surface area (Å²) < 4.78 is 24.6. The van der Waals surface area contributed by atoms with E-state index in [1.54, 1.807) is 6.07 Å². The zero-order valence-electron chi connectivity index (χ0n) is 9.93. The highest BCUT2D eigenvalue weighted by Crippen LogP contribution is 2.18. The predicted molar refractivity (Wildman–Crippen MR) is 70.7 cm³/mol. The van der Waals surface area contributed by atoms with Gasteiger partial charge in [0.05, 0.1) is 11.3 Å². The summed E-state index contributed by atoms with van der Waals surface area (Å²) in [5.74, 6) is -0.717. The highest BCUT2D eigenvalue weighted by atomic mass is 32.2. The average molecular weight is 272 g/mol. The molecule has 0 bridgehead atoms. The lowest BCUT2D eigenvalue weighted by atomic mass is 10.1. The third-order valence-corrected chi connectivity index (χ3v) is 3.67. The molecule has 0 aliphatic heterocycles. The van der Waals surface area contributed by atoms with E-state index in [1.165, 1.54) is 19.2 Å². The molecule has 0 fully saturated rings. The normalized spacial score (nSPS) is 11.2. The molecule has 8 heteroatoms. The van der Waals surface area contributed by atoms with Gasteiger partial charge in [0.25, 0.3) is 5.91 Å². The Morgan fingerprint density at radius 2 is 2.06 bits per heavy atom. The van der Waals surface area contributed by atoms with Crippen LogP contribution in [-0.2, 0) is 10.0 Å². The molecule has 1 aromatic carbocycles. The minimum atomic E-state index is -3.29. The van der Waals surface area contributed by atoms with Crippen molar-refractivity contribution in [3.8, 4) is 0 Å². The van der Waals surface area contributed by atoms with Crippen molar-refractivity contribution in [2.24, 2.45) is 5.73 Å². The van der Waals surface area contributed by atoms with Gasteiger partial charge in [0.15, 0.2) is 0 Å². The van der Waals surface area contributed by atoms with Crippen LogP contribution in [0.25, 0.3) is 0 Å². The van der Waals surface area contributed by atoms with Crippen LogP contribution in [0, 0.1) is 0 Å². The standard InChI is InChI=1S/C10H16N4O3S/c1-13-18(16,17)5-4-14-9-6-7(11)2-3-8(9)10(12)15/h2-3,6,13-14H,4-5,11H2,1H3,(H2,12,15). The van der Waals surface area contributed by atoms with E-state index in [1.807, 2.05) is 0 Å². The van der Waals surface area contributed by atoms with Crippen LogP contribution in [0.4, 0.5) is 11.4 Å². The predicted octanol–water partition coefficient (Wildman–Crippen LogP) is -0.671. The maximum absolute atomic E-state index is 11.2. The summed E-state index contributed by atoms with van der Waals surface area (Å²) in [6, 6.07) is 4.58. The van der Waals surface area contributed by atoms with E-state index in [-0.39, 0.29) is 17.9 Å². The Balaban J connectivity index is 2.78. The molecule has 6 N–H and O–H groups in total. The monoisotopic (exact) mass is 272 g/mol. The van der Waals surface area contributed by atoms with Crippen molar-refractivity contribution in [2.75, 3.05) is 30.4 Å². The molecule has 0 aliphatic rings. The zero-order valence-corrected chi connectivity index (χ0v) is 10.8. The molecule has 1 aromatic rings. The molecule has 1 rings (SSSR count). The number of carbonyl (C=O) groups excluding carboxylic acids is 1. The smallest absolute Gasteiger partial charge is 0.250 e. The molecule has 0 atom stereocenters. The topological polar surface area (TPSA) is 127 Å². The summed E-state index contributed by atoms with van der Waals surface area (Å²) >= 11 is 0. The summed E-state index contributed by atoms with van der Waals surface area (Å²) in [7, 11) is -1.95.